The monoisotopic (exact) mass is 958 g/mol. The Morgan fingerprint density at radius 2 is 0.847 bits per heavy atom. The number of hydrogen-bond acceptors (Lipinski definition) is 6. The molecule has 314 valence electrons. The minimum Gasteiger partial charge on any atom is -0.199 e. The average Bonchev–Trinajstić information content (AvgIpc) is 3.60. The highest BCUT2D eigenvalue weighted by molar-refractivity contribution is 7.90. The summed E-state index contributed by atoms with van der Waals surface area (Å²) in [4.78, 5) is -1.08. The lowest BCUT2D eigenvalue weighted by Crippen LogP contribution is -2.19. The van der Waals surface area contributed by atoms with Gasteiger partial charge < -0.3 is 0 Å². The van der Waals surface area contributed by atoms with Gasteiger partial charge in [0.2, 0.25) is 0 Å². The normalized spacial score (nSPS) is 12.4. The predicted molar refractivity (Wildman–Crippen MR) is 215 cm³/mol. The number of nitrogens with zero attached hydrogens (tertiary/aromatic N) is 4. The molecule has 0 aliphatic carbocycles. The Morgan fingerprint density at radius 3 is 1.19 bits per heavy atom. The van der Waals surface area contributed by atoms with Gasteiger partial charge in [0.1, 0.15) is 0 Å². The zero-order valence-electron chi connectivity index (χ0n) is 30.8. The molecule has 2 heterocycles. The van der Waals surface area contributed by atoms with Crippen molar-refractivity contribution in [1.82, 2.24) is 18.4 Å². The molecule has 0 bridgehead atoms. The maximum absolute atomic E-state index is 13.2. The topological polar surface area (TPSA) is 104 Å². The van der Waals surface area contributed by atoms with Crippen LogP contribution in [0.4, 0.5) is 26.3 Å². The molecule has 0 amide bonds. The van der Waals surface area contributed by atoms with Crippen molar-refractivity contribution in [3.63, 3.8) is 0 Å². The lowest BCUT2D eigenvalue weighted by atomic mass is 10.0. The SMILES string of the molecule is Cc1nn(S(=O)(=O)c2cc(C(F)(F)F)cc(C(F)(F)F)c2)c(C)c1Cc1c(Cl)cccc1Cl.Cc1nn(S(=O)(=O)c2ccc(Cl)cc2)c(C)c1Cc1c(Cl)cccc1Cl. The number of halogens is 11. The summed E-state index contributed by atoms with van der Waals surface area (Å²) >= 11 is 30.7. The first-order valence-electron chi connectivity index (χ1n) is 16.8. The first-order chi connectivity index (χ1) is 27.2. The molecule has 0 unspecified atom stereocenters. The summed E-state index contributed by atoms with van der Waals surface area (Å²) in [6.07, 6.45) is -9.96. The molecule has 8 nitrogen and oxygen atoms in total. The van der Waals surface area contributed by atoms with Crippen LogP contribution < -0.4 is 0 Å². The van der Waals surface area contributed by atoms with E-state index in [1.165, 1.54) is 38.1 Å². The van der Waals surface area contributed by atoms with Crippen LogP contribution in [0.3, 0.4) is 0 Å². The second-order valence-electron chi connectivity index (χ2n) is 12.9. The van der Waals surface area contributed by atoms with Crippen molar-refractivity contribution >= 4 is 78.1 Å². The van der Waals surface area contributed by atoms with Gasteiger partial charge in [0.05, 0.1) is 43.7 Å². The third-order valence-corrected chi connectivity index (χ3v) is 14.0. The molecule has 0 saturated heterocycles. The first kappa shape index (κ1) is 46.3. The van der Waals surface area contributed by atoms with E-state index in [1.807, 2.05) is 0 Å². The van der Waals surface area contributed by atoms with Crippen LogP contribution in [0.25, 0.3) is 0 Å². The molecular weight excluding hydrogens is 932 g/mol. The van der Waals surface area contributed by atoms with Gasteiger partial charge in [-0.1, -0.05) is 70.1 Å². The second-order valence-corrected chi connectivity index (χ2v) is 18.5. The molecule has 4 aromatic carbocycles. The van der Waals surface area contributed by atoms with Gasteiger partial charge in [-0.25, -0.2) is 0 Å². The van der Waals surface area contributed by atoms with Crippen molar-refractivity contribution in [2.75, 3.05) is 0 Å². The summed E-state index contributed by atoms with van der Waals surface area (Å²) in [5.41, 5.74) is 0.150. The van der Waals surface area contributed by atoms with Gasteiger partial charge in [-0.2, -0.15) is 61.5 Å². The van der Waals surface area contributed by atoms with Crippen LogP contribution in [0.15, 0.2) is 88.7 Å². The second kappa shape index (κ2) is 17.3. The van der Waals surface area contributed by atoms with Crippen molar-refractivity contribution < 1.29 is 43.2 Å². The first-order valence-corrected chi connectivity index (χ1v) is 21.5. The molecule has 0 aliphatic heterocycles. The van der Waals surface area contributed by atoms with Crippen molar-refractivity contribution in [2.45, 2.75) is 62.7 Å². The van der Waals surface area contributed by atoms with Crippen LogP contribution in [0.2, 0.25) is 25.1 Å². The Morgan fingerprint density at radius 1 is 0.508 bits per heavy atom. The van der Waals surface area contributed by atoms with Gasteiger partial charge in [0.15, 0.2) is 0 Å². The third kappa shape index (κ3) is 9.90. The fraction of sp³-hybridized carbons (Fsp3) is 0.211. The summed E-state index contributed by atoms with van der Waals surface area (Å²) < 4.78 is 133. The number of hydrogen-bond donors (Lipinski definition) is 0. The average molecular weight is 961 g/mol. The van der Waals surface area contributed by atoms with Gasteiger partial charge in [-0.3, -0.25) is 0 Å². The van der Waals surface area contributed by atoms with Crippen LogP contribution in [0.5, 0.6) is 0 Å². The molecule has 6 rings (SSSR count). The van der Waals surface area contributed by atoms with Gasteiger partial charge in [0, 0.05) is 49.1 Å². The summed E-state index contributed by atoms with van der Waals surface area (Å²) in [6.45, 7) is 6.26. The maximum Gasteiger partial charge on any atom is 0.416 e. The van der Waals surface area contributed by atoms with E-state index in [4.69, 9.17) is 58.0 Å². The lowest BCUT2D eigenvalue weighted by molar-refractivity contribution is -0.143. The van der Waals surface area contributed by atoms with E-state index in [0.29, 0.717) is 58.1 Å². The third-order valence-electron chi connectivity index (χ3n) is 9.06. The van der Waals surface area contributed by atoms with E-state index >= 15 is 0 Å². The molecule has 0 saturated carbocycles. The highest BCUT2D eigenvalue weighted by Crippen LogP contribution is 2.38. The number of benzene rings is 4. The molecule has 59 heavy (non-hydrogen) atoms. The molecule has 0 radical (unpaired) electrons. The van der Waals surface area contributed by atoms with E-state index in [9.17, 15) is 43.2 Å². The highest BCUT2D eigenvalue weighted by atomic mass is 35.5. The standard InChI is InChI=1S/C20H14Cl2F6N2O2S.C18H15Cl3N2O2S/c1-10-15(9-16-17(21)4-3-5-18(16)22)11(2)30(29-10)33(31,32)14-7-12(19(23,24)25)6-13(8-14)20(26,27)28;1-11-15(10-16-17(20)4-3-5-18(16)21)12(2)23(22-11)26(24,25)14-8-6-13(19)7-9-14/h3-8H,9H2,1-2H3;3-9H,10H2,1-2H3. The van der Waals surface area contributed by atoms with E-state index in [-0.39, 0.29) is 40.9 Å². The van der Waals surface area contributed by atoms with Gasteiger partial charge in [-0.15, -0.1) is 0 Å². The molecule has 0 atom stereocenters. The quantitative estimate of drug-likeness (QED) is 0.141. The van der Waals surface area contributed by atoms with Gasteiger partial charge in [0.25, 0.3) is 20.0 Å². The van der Waals surface area contributed by atoms with Crippen molar-refractivity contribution in [3.05, 3.63) is 160 Å². The van der Waals surface area contributed by atoms with Crippen molar-refractivity contribution in [1.29, 1.82) is 0 Å². The number of rotatable bonds is 8. The molecule has 0 N–H and O–H groups in total. The van der Waals surface area contributed by atoms with E-state index in [0.717, 1.165) is 15.2 Å². The predicted octanol–water partition coefficient (Wildman–Crippen LogP) is 12.0. The summed E-state index contributed by atoms with van der Waals surface area (Å²) in [5, 5.41) is 10.2. The number of alkyl halides is 6. The molecule has 2 aromatic heterocycles. The molecule has 0 aliphatic rings. The van der Waals surface area contributed by atoms with Gasteiger partial charge >= 0.3 is 12.4 Å². The zero-order valence-corrected chi connectivity index (χ0v) is 36.2. The van der Waals surface area contributed by atoms with Crippen LogP contribution in [-0.2, 0) is 45.2 Å². The molecule has 6 aromatic rings. The Balaban J connectivity index is 0.000000230. The zero-order chi connectivity index (χ0) is 44.0. The summed E-state index contributed by atoms with van der Waals surface area (Å²) in [7, 11) is -8.73. The smallest absolute Gasteiger partial charge is 0.199 e. The lowest BCUT2D eigenvalue weighted by Gasteiger charge is -2.15. The number of aryl methyl sites for hydroxylation is 2. The van der Waals surface area contributed by atoms with Gasteiger partial charge in [-0.05, 0) is 106 Å². The van der Waals surface area contributed by atoms with Crippen LogP contribution in [-0.4, -0.2) is 35.2 Å². The van der Waals surface area contributed by atoms with Crippen LogP contribution >= 0.6 is 58.0 Å². The summed E-state index contributed by atoms with van der Waals surface area (Å²) in [5.74, 6) is 0. The van der Waals surface area contributed by atoms with Crippen LogP contribution in [0.1, 0.15) is 56.2 Å². The van der Waals surface area contributed by atoms with E-state index < -0.39 is 48.4 Å². The maximum atomic E-state index is 13.2. The molecule has 0 spiro atoms. The van der Waals surface area contributed by atoms with Crippen molar-refractivity contribution in [3.8, 4) is 0 Å². The Hall–Kier alpha value is -3.77. The van der Waals surface area contributed by atoms with Crippen molar-refractivity contribution in [2.24, 2.45) is 0 Å². The summed E-state index contributed by atoms with van der Waals surface area (Å²) in [6, 6.07) is 16.1. The van der Waals surface area contributed by atoms with E-state index in [1.54, 1.807) is 50.2 Å². The molecule has 21 heteroatoms. The molecule has 0 fully saturated rings. The Bertz CT molecular complexity index is 2720. The fourth-order valence-electron chi connectivity index (χ4n) is 5.91. The minimum atomic E-state index is -5.20. The Labute approximate surface area is 360 Å². The highest BCUT2D eigenvalue weighted by Gasteiger charge is 2.39. The largest absolute Gasteiger partial charge is 0.416 e. The van der Waals surface area contributed by atoms with Crippen LogP contribution in [0, 0.1) is 27.7 Å². The molecular formula is C38H29Cl5F6N4O4S2. The fourth-order valence-corrected chi connectivity index (χ4v) is 9.94. The minimum absolute atomic E-state index is 0.00513. The van der Waals surface area contributed by atoms with E-state index in [2.05, 4.69) is 10.2 Å². The Kier molecular flexibility index (Phi) is 13.6. The number of aromatic nitrogens is 4.